The van der Waals surface area contributed by atoms with Crippen LogP contribution in [0.1, 0.15) is 10.4 Å². The summed E-state index contributed by atoms with van der Waals surface area (Å²) in [7, 11) is 1.28. The Labute approximate surface area is 135 Å². The number of carbonyl (C=O) groups is 1. The molecule has 1 aromatic carbocycles. The van der Waals surface area contributed by atoms with E-state index in [0.717, 1.165) is 0 Å². The van der Waals surface area contributed by atoms with Crippen LogP contribution in [0.3, 0.4) is 0 Å². The Morgan fingerprint density at radius 1 is 1.00 bits per heavy atom. The summed E-state index contributed by atoms with van der Waals surface area (Å²) in [5, 5.41) is 1.29. The maximum Gasteiger partial charge on any atom is 0.339 e. The van der Waals surface area contributed by atoms with Gasteiger partial charge in [0.2, 0.25) is 0 Å². The standard InChI is InChI=1S/C13H7Cl4NO2/c1-20-13(19)6-2-11(17)12(18-5-6)7-3-9(15)10(16)4-8(7)14/h2-5H,1H3. The van der Waals surface area contributed by atoms with E-state index in [2.05, 4.69) is 9.72 Å². The fraction of sp³-hybridized carbons (Fsp3) is 0.0769. The Morgan fingerprint density at radius 2 is 1.65 bits per heavy atom. The van der Waals surface area contributed by atoms with Crippen LogP contribution in [-0.2, 0) is 4.74 Å². The number of ether oxygens (including phenoxy) is 1. The summed E-state index contributed by atoms with van der Waals surface area (Å²) in [5.74, 6) is -0.522. The van der Waals surface area contributed by atoms with Crippen LogP contribution in [0.15, 0.2) is 24.4 Å². The van der Waals surface area contributed by atoms with E-state index < -0.39 is 5.97 Å². The molecule has 0 radical (unpaired) electrons. The third kappa shape index (κ3) is 3.01. The van der Waals surface area contributed by atoms with Crippen molar-refractivity contribution in [3.63, 3.8) is 0 Å². The molecule has 104 valence electrons. The van der Waals surface area contributed by atoms with Crippen molar-refractivity contribution >= 4 is 52.4 Å². The zero-order chi connectivity index (χ0) is 14.9. The predicted octanol–water partition coefficient (Wildman–Crippen LogP) is 5.15. The van der Waals surface area contributed by atoms with Crippen molar-refractivity contribution in [3.05, 3.63) is 50.0 Å². The van der Waals surface area contributed by atoms with Gasteiger partial charge in [-0.3, -0.25) is 4.98 Å². The van der Waals surface area contributed by atoms with Crippen molar-refractivity contribution in [2.75, 3.05) is 7.11 Å². The quantitative estimate of drug-likeness (QED) is 0.555. The number of hydrogen-bond acceptors (Lipinski definition) is 3. The second-order valence-corrected chi connectivity index (χ2v) is 5.42. The number of benzene rings is 1. The number of nitrogens with zero attached hydrogens (tertiary/aromatic N) is 1. The predicted molar refractivity (Wildman–Crippen MR) is 81.1 cm³/mol. The number of carbonyl (C=O) groups excluding carboxylic acids is 1. The molecule has 3 nitrogen and oxygen atoms in total. The molecule has 1 aromatic heterocycles. The maximum atomic E-state index is 11.4. The van der Waals surface area contributed by atoms with Crippen molar-refractivity contribution in [3.8, 4) is 11.3 Å². The number of methoxy groups -OCH3 is 1. The molecule has 20 heavy (non-hydrogen) atoms. The Bertz CT molecular complexity index is 688. The maximum absolute atomic E-state index is 11.4. The van der Waals surface area contributed by atoms with Crippen molar-refractivity contribution in [1.82, 2.24) is 4.98 Å². The van der Waals surface area contributed by atoms with E-state index in [4.69, 9.17) is 46.4 Å². The molecule has 2 rings (SSSR count). The SMILES string of the molecule is COC(=O)c1cnc(-c2cc(Cl)c(Cl)cc2Cl)c(Cl)c1. The van der Waals surface area contributed by atoms with Crippen LogP contribution in [0.5, 0.6) is 0 Å². The summed E-state index contributed by atoms with van der Waals surface area (Å²) in [6.45, 7) is 0. The first-order valence-corrected chi connectivity index (χ1v) is 6.84. The zero-order valence-electron chi connectivity index (χ0n) is 10.1. The molecule has 0 atom stereocenters. The normalized spacial score (nSPS) is 10.4. The molecule has 0 fully saturated rings. The van der Waals surface area contributed by atoms with Gasteiger partial charge in [0.1, 0.15) is 0 Å². The lowest BCUT2D eigenvalue weighted by atomic mass is 10.1. The fourth-order valence-corrected chi connectivity index (χ4v) is 2.47. The summed E-state index contributed by atoms with van der Waals surface area (Å²) in [5.41, 5.74) is 1.18. The van der Waals surface area contributed by atoms with Crippen LogP contribution in [0.4, 0.5) is 0 Å². The van der Waals surface area contributed by atoms with Crippen LogP contribution in [0, 0.1) is 0 Å². The van der Waals surface area contributed by atoms with E-state index in [1.165, 1.54) is 25.4 Å². The number of rotatable bonds is 2. The highest BCUT2D eigenvalue weighted by Crippen LogP contribution is 2.37. The highest BCUT2D eigenvalue weighted by molar-refractivity contribution is 6.44. The average Bonchev–Trinajstić information content (AvgIpc) is 2.42. The smallest absolute Gasteiger partial charge is 0.339 e. The van der Waals surface area contributed by atoms with E-state index in [9.17, 15) is 4.79 Å². The molecule has 0 saturated heterocycles. The van der Waals surface area contributed by atoms with E-state index in [0.29, 0.717) is 26.3 Å². The first-order chi connectivity index (χ1) is 9.43. The third-order valence-electron chi connectivity index (χ3n) is 2.53. The molecule has 0 aliphatic rings. The molecule has 0 N–H and O–H groups in total. The minimum Gasteiger partial charge on any atom is -0.465 e. The molecule has 0 aliphatic carbocycles. The van der Waals surface area contributed by atoms with Crippen LogP contribution < -0.4 is 0 Å². The molecule has 0 saturated carbocycles. The van der Waals surface area contributed by atoms with Crippen LogP contribution in [0.2, 0.25) is 20.1 Å². The number of aromatic nitrogens is 1. The lowest BCUT2D eigenvalue weighted by Gasteiger charge is -2.09. The number of pyridine rings is 1. The largest absolute Gasteiger partial charge is 0.465 e. The Morgan fingerprint density at radius 3 is 2.25 bits per heavy atom. The van der Waals surface area contributed by atoms with Gasteiger partial charge in [-0.25, -0.2) is 4.79 Å². The number of halogens is 4. The summed E-state index contributed by atoms with van der Waals surface area (Å²) in [6.07, 6.45) is 1.35. The Kier molecular flexibility index (Phi) is 4.76. The summed E-state index contributed by atoms with van der Waals surface area (Å²) >= 11 is 24.1. The first kappa shape index (κ1) is 15.4. The van der Waals surface area contributed by atoms with E-state index in [1.54, 1.807) is 6.07 Å². The number of esters is 1. The van der Waals surface area contributed by atoms with E-state index >= 15 is 0 Å². The molecular formula is C13H7Cl4NO2. The minimum atomic E-state index is -0.522. The highest BCUT2D eigenvalue weighted by Gasteiger charge is 2.15. The van der Waals surface area contributed by atoms with Crippen molar-refractivity contribution in [1.29, 1.82) is 0 Å². The van der Waals surface area contributed by atoms with Gasteiger partial charge in [0.15, 0.2) is 0 Å². The van der Waals surface area contributed by atoms with E-state index in [1.807, 2.05) is 0 Å². The van der Waals surface area contributed by atoms with Gasteiger partial charge in [-0.15, -0.1) is 0 Å². The molecular weight excluding hydrogens is 344 g/mol. The number of hydrogen-bond donors (Lipinski definition) is 0. The van der Waals surface area contributed by atoms with Crippen LogP contribution in [0.25, 0.3) is 11.3 Å². The monoisotopic (exact) mass is 349 g/mol. The first-order valence-electron chi connectivity index (χ1n) is 5.32. The zero-order valence-corrected chi connectivity index (χ0v) is 13.1. The summed E-state index contributed by atoms with van der Waals surface area (Å²) < 4.78 is 4.59. The molecule has 1 heterocycles. The minimum absolute atomic E-state index is 0.248. The third-order valence-corrected chi connectivity index (χ3v) is 3.85. The van der Waals surface area contributed by atoms with Gasteiger partial charge in [-0.2, -0.15) is 0 Å². The van der Waals surface area contributed by atoms with Gasteiger partial charge in [0, 0.05) is 11.8 Å². The second-order valence-electron chi connectivity index (χ2n) is 3.79. The van der Waals surface area contributed by atoms with Crippen molar-refractivity contribution in [2.45, 2.75) is 0 Å². The van der Waals surface area contributed by atoms with Gasteiger partial charge in [-0.1, -0.05) is 46.4 Å². The highest BCUT2D eigenvalue weighted by atomic mass is 35.5. The molecule has 2 aromatic rings. The van der Waals surface area contributed by atoms with Crippen molar-refractivity contribution < 1.29 is 9.53 Å². The summed E-state index contributed by atoms with van der Waals surface area (Å²) in [4.78, 5) is 15.5. The van der Waals surface area contributed by atoms with Gasteiger partial charge in [0.25, 0.3) is 0 Å². The summed E-state index contributed by atoms with van der Waals surface area (Å²) in [6, 6.07) is 4.53. The van der Waals surface area contributed by atoms with Crippen LogP contribution >= 0.6 is 46.4 Å². The van der Waals surface area contributed by atoms with Gasteiger partial charge < -0.3 is 4.74 Å². The molecule has 0 spiro atoms. The Hall–Kier alpha value is -1.000. The molecule has 0 bridgehead atoms. The molecule has 0 amide bonds. The molecule has 0 unspecified atom stereocenters. The van der Waals surface area contributed by atoms with E-state index in [-0.39, 0.29) is 10.6 Å². The van der Waals surface area contributed by atoms with Crippen molar-refractivity contribution in [2.24, 2.45) is 0 Å². The lowest BCUT2D eigenvalue weighted by Crippen LogP contribution is -2.02. The van der Waals surface area contributed by atoms with Crippen LogP contribution in [-0.4, -0.2) is 18.1 Å². The van der Waals surface area contributed by atoms with Gasteiger partial charge >= 0.3 is 5.97 Å². The topological polar surface area (TPSA) is 39.2 Å². The Balaban J connectivity index is 2.54. The van der Waals surface area contributed by atoms with Gasteiger partial charge in [-0.05, 0) is 18.2 Å². The lowest BCUT2D eigenvalue weighted by molar-refractivity contribution is 0.0600. The average molecular weight is 351 g/mol. The fourth-order valence-electron chi connectivity index (χ4n) is 1.57. The second kappa shape index (κ2) is 6.19. The molecule has 7 heteroatoms. The van der Waals surface area contributed by atoms with Gasteiger partial charge in [0.05, 0.1) is 38.5 Å². The molecule has 0 aliphatic heterocycles.